The molecule has 0 bridgehead atoms. The van der Waals surface area contributed by atoms with E-state index in [-0.39, 0.29) is 38.9 Å². The van der Waals surface area contributed by atoms with Crippen molar-refractivity contribution in [2.24, 2.45) is 0 Å². The van der Waals surface area contributed by atoms with E-state index in [1.165, 1.54) is 11.1 Å². The maximum Gasteiger partial charge on any atom is 0.407 e. The van der Waals surface area contributed by atoms with Gasteiger partial charge in [0.05, 0.1) is 30.9 Å². The molecule has 0 atom stereocenters. The van der Waals surface area contributed by atoms with Crippen molar-refractivity contribution < 1.29 is 28.7 Å². The minimum absolute atomic E-state index is 0.00342. The molecule has 5 rings (SSSR count). The standard InChI is InChI=1S/C27H24N2O6/c30-25-22-11-5-6-12-23(22)26(31)29(25)35-16-15-33-14-13-28-27(32)34-17-24-20-9-3-1-7-18(20)19-8-2-4-10-21(19)24/h1-12,24H,13-17H2,(H,28,32). The summed E-state index contributed by atoms with van der Waals surface area (Å²) in [6.45, 7) is 0.907. The van der Waals surface area contributed by atoms with Gasteiger partial charge < -0.3 is 14.8 Å². The molecule has 0 unspecified atom stereocenters. The number of ether oxygens (including phenoxy) is 2. The minimum Gasteiger partial charge on any atom is -0.449 e. The van der Waals surface area contributed by atoms with E-state index in [1.807, 2.05) is 24.3 Å². The number of hydrogen-bond acceptors (Lipinski definition) is 6. The van der Waals surface area contributed by atoms with Gasteiger partial charge in [0.1, 0.15) is 6.61 Å². The largest absolute Gasteiger partial charge is 0.449 e. The molecule has 1 aliphatic heterocycles. The predicted octanol–water partition coefficient (Wildman–Crippen LogP) is 3.77. The van der Waals surface area contributed by atoms with Gasteiger partial charge in [-0.15, -0.1) is 5.06 Å². The number of fused-ring (bicyclic) bond motifs is 4. The van der Waals surface area contributed by atoms with E-state index >= 15 is 0 Å². The van der Waals surface area contributed by atoms with Gasteiger partial charge in [-0.25, -0.2) is 4.79 Å². The van der Waals surface area contributed by atoms with Gasteiger partial charge in [-0.1, -0.05) is 60.7 Å². The lowest BCUT2D eigenvalue weighted by Crippen LogP contribution is -2.32. The van der Waals surface area contributed by atoms with Crippen molar-refractivity contribution in [2.45, 2.75) is 5.92 Å². The summed E-state index contributed by atoms with van der Waals surface area (Å²) in [6, 6.07) is 22.9. The lowest BCUT2D eigenvalue weighted by Gasteiger charge is -2.15. The fraction of sp³-hybridized carbons (Fsp3) is 0.222. The number of carbonyl (C=O) groups excluding carboxylic acids is 3. The maximum atomic E-state index is 12.2. The second-order valence-corrected chi connectivity index (χ2v) is 8.15. The fourth-order valence-corrected chi connectivity index (χ4v) is 4.45. The molecule has 1 aliphatic carbocycles. The van der Waals surface area contributed by atoms with E-state index in [4.69, 9.17) is 14.3 Å². The Hall–Kier alpha value is -4.01. The molecule has 8 heteroatoms. The summed E-state index contributed by atoms with van der Waals surface area (Å²) in [5.74, 6) is -0.964. The van der Waals surface area contributed by atoms with Gasteiger partial charge in [-0.3, -0.25) is 14.4 Å². The van der Waals surface area contributed by atoms with E-state index in [2.05, 4.69) is 29.6 Å². The number of imide groups is 1. The quantitative estimate of drug-likeness (QED) is 0.376. The lowest BCUT2D eigenvalue weighted by molar-refractivity contribution is -0.105. The summed E-state index contributed by atoms with van der Waals surface area (Å²) in [6.07, 6.45) is -0.516. The van der Waals surface area contributed by atoms with Crippen LogP contribution in [0.3, 0.4) is 0 Å². The van der Waals surface area contributed by atoms with Crippen LogP contribution in [-0.4, -0.2) is 55.9 Å². The van der Waals surface area contributed by atoms with Crippen LogP contribution >= 0.6 is 0 Å². The van der Waals surface area contributed by atoms with Crippen LogP contribution in [-0.2, 0) is 14.3 Å². The normalized spacial score (nSPS) is 14.0. The predicted molar refractivity (Wildman–Crippen MR) is 127 cm³/mol. The zero-order chi connectivity index (χ0) is 24.2. The van der Waals surface area contributed by atoms with Crippen molar-refractivity contribution in [3.63, 3.8) is 0 Å². The highest BCUT2D eigenvalue weighted by Gasteiger charge is 2.36. The summed E-state index contributed by atoms with van der Waals surface area (Å²) in [5, 5.41) is 3.42. The van der Waals surface area contributed by atoms with E-state index in [0.717, 1.165) is 16.2 Å². The molecule has 178 valence electrons. The molecule has 35 heavy (non-hydrogen) atoms. The fourth-order valence-electron chi connectivity index (χ4n) is 4.45. The maximum absolute atomic E-state index is 12.2. The first-order chi connectivity index (χ1) is 17.1. The van der Waals surface area contributed by atoms with Gasteiger partial charge >= 0.3 is 6.09 Å². The van der Waals surface area contributed by atoms with Crippen LogP contribution in [0.25, 0.3) is 11.1 Å². The molecule has 0 radical (unpaired) electrons. The third kappa shape index (κ3) is 4.53. The zero-order valence-electron chi connectivity index (χ0n) is 18.9. The van der Waals surface area contributed by atoms with Crippen LogP contribution in [0.1, 0.15) is 37.8 Å². The molecule has 3 aromatic carbocycles. The molecule has 0 spiro atoms. The van der Waals surface area contributed by atoms with E-state index in [1.54, 1.807) is 24.3 Å². The minimum atomic E-state index is -0.516. The van der Waals surface area contributed by atoms with Crippen molar-refractivity contribution in [3.8, 4) is 11.1 Å². The van der Waals surface area contributed by atoms with Crippen LogP contribution < -0.4 is 5.32 Å². The van der Waals surface area contributed by atoms with Gasteiger partial charge in [0, 0.05) is 12.5 Å². The number of hydrogen-bond donors (Lipinski definition) is 1. The summed E-state index contributed by atoms with van der Waals surface area (Å²) < 4.78 is 10.9. The average molecular weight is 472 g/mol. The monoisotopic (exact) mass is 472 g/mol. The summed E-state index contributed by atoms with van der Waals surface area (Å²) in [7, 11) is 0. The summed E-state index contributed by atoms with van der Waals surface area (Å²) in [4.78, 5) is 41.9. The van der Waals surface area contributed by atoms with Crippen molar-refractivity contribution in [1.29, 1.82) is 0 Å². The molecule has 0 saturated carbocycles. The highest BCUT2D eigenvalue weighted by molar-refractivity contribution is 6.20. The first-order valence-corrected chi connectivity index (χ1v) is 11.4. The number of alkyl carbamates (subject to hydrolysis) is 1. The van der Waals surface area contributed by atoms with Crippen molar-refractivity contribution in [2.75, 3.05) is 33.0 Å². The Labute approximate surface area is 202 Å². The first-order valence-electron chi connectivity index (χ1n) is 11.4. The highest BCUT2D eigenvalue weighted by Crippen LogP contribution is 2.44. The topological polar surface area (TPSA) is 94.2 Å². The Morgan fingerprint density at radius 1 is 0.743 bits per heavy atom. The smallest absolute Gasteiger partial charge is 0.407 e. The number of nitrogens with zero attached hydrogens (tertiary/aromatic N) is 1. The molecule has 3 aromatic rings. The number of hydroxylamine groups is 2. The Morgan fingerprint density at radius 3 is 1.89 bits per heavy atom. The first kappa shape index (κ1) is 22.8. The van der Waals surface area contributed by atoms with E-state index < -0.39 is 17.9 Å². The number of nitrogens with one attached hydrogen (secondary N) is 1. The summed E-state index contributed by atoms with van der Waals surface area (Å²) in [5.41, 5.74) is 5.31. The zero-order valence-corrected chi connectivity index (χ0v) is 18.9. The molecule has 0 saturated heterocycles. The van der Waals surface area contributed by atoms with Gasteiger partial charge in [0.15, 0.2) is 0 Å². The second kappa shape index (κ2) is 10.1. The summed E-state index contributed by atoms with van der Waals surface area (Å²) >= 11 is 0. The van der Waals surface area contributed by atoms with E-state index in [9.17, 15) is 14.4 Å². The van der Waals surface area contributed by atoms with Crippen molar-refractivity contribution >= 4 is 17.9 Å². The molecule has 1 N–H and O–H groups in total. The molecule has 0 fully saturated rings. The second-order valence-electron chi connectivity index (χ2n) is 8.15. The molecular weight excluding hydrogens is 448 g/mol. The number of benzene rings is 3. The third-order valence-electron chi connectivity index (χ3n) is 6.06. The van der Waals surface area contributed by atoms with Gasteiger partial charge in [-0.05, 0) is 34.4 Å². The van der Waals surface area contributed by atoms with Crippen LogP contribution in [0.4, 0.5) is 4.79 Å². The third-order valence-corrected chi connectivity index (χ3v) is 6.06. The Kier molecular flexibility index (Phi) is 6.56. The number of carbonyl (C=O) groups is 3. The van der Waals surface area contributed by atoms with Gasteiger partial charge in [0.25, 0.3) is 11.8 Å². The van der Waals surface area contributed by atoms with Crippen molar-refractivity contribution in [1.82, 2.24) is 10.4 Å². The van der Waals surface area contributed by atoms with E-state index in [0.29, 0.717) is 11.1 Å². The van der Waals surface area contributed by atoms with Crippen LogP contribution in [0.15, 0.2) is 72.8 Å². The van der Waals surface area contributed by atoms with Crippen LogP contribution in [0, 0.1) is 0 Å². The number of amides is 3. The molecule has 3 amide bonds. The lowest BCUT2D eigenvalue weighted by atomic mass is 9.98. The SMILES string of the molecule is O=C(NCCOCCON1C(=O)c2ccccc2C1=O)OCC1c2ccccc2-c2ccccc21. The molecule has 8 nitrogen and oxygen atoms in total. The van der Waals surface area contributed by atoms with Crippen LogP contribution in [0.5, 0.6) is 0 Å². The van der Waals surface area contributed by atoms with Gasteiger partial charge in [0.2, 0.25) is 0 Å². The van der Waals surface area contributed by atoms with Crippen molar-refractivity contribution in [3.05, 3.63) is 95.1 Å². The Bertz CT molecular complexity index is 1190. The van der Waals surface area contributed by atoms with Gasteiger partial charge in [-0.2, -0.15) is 0 Å². The highest BCUT2D eigenvalue weighted by atomic mass is 16.7. The molecule has 0 aromatic heterocycles. The van der Waals surface area contributed by atoms with Crippen LogP contribution in [0.2, 0.25) is 0 Å². The average Bonchev–Trinajstić information content (AvgIpc) is 3.34. The molecule has 1 heterocycles. The number of rotatable bonds is 9. The Balaban J connectivity index is 1.00. The molecule has 2 aliphatic rings. The molecular formula is C27H24N2O6. The Morgan fingerprint density at radius 2 is 1.29 bits per heavy atom.